The fraction of sp³-hybridized carbons (Fsp3) is 0.133. The number of aryl methyl sites for hydroxylation is 2. The smallest absolute Gasteiger partial charge is 0.224 e. The van der Waals surface area contributed by atoms with Crippen molar-refractivity contribution in [2.45, 2.75) is 35.5 Å². The summed E-state index contributed by atoms with van der Waals surface area (Å²) in [6.07, 6.45) is 1.75. The summed E-state index contributed by atoms with van der Waals surface area (Å²) >= 11 is 0. The molecule has 0 saturated heterocycles. The number of nitrogens with one attached hydrogen (secondary N) is 2. The van der Waals surface area contributed by atoms with Crippen LogP contribution in [0.2, 0.25) is 0 Å². The lowest BCUT2D eigenvalue weighted by Crippen LogP contribution is -2.13. The van der Waals surface area contributed by atoms with E-state index in [4.69, 9.17) is 0 Å². The largest absolute Gasteiger partial charge is 0.326 e. The second kappa shape index (κ2) is 12.1. The maximum atomic E-state index is 13.3. The van der Waals surface area contributed by atoms with Crippen LogP contribution >= 0.6 is 0 Å². The van der Waals surface area contributed by atoms with Gasteiger partial charge in [0.25, 0.3) is 0 Å². The maximum Gasteiger partial charge on any atom is 0.224 e. The lowest BCUT2D eigenvalue weighted by atomic mass is 10.1. The molecule has 4 aromatic carbocycles. The Balaban J connectivity index is 1.40. The Labute approximate surface area is 217 Å². The van der Waals surface area contributed by atoms with Crippen molar-refractivity contribution in [3.05, 3.63) is 120 Å². The van der Waals surface area contributed by atoms with Crippen molar-refractivity contribution in [2.75, 3.05) is 10.6 Å². The van der Waals surface area contributed by atoms with Crippen LogP contribution in [0.5, 0.6) is 0 Å². The molecule has 4 aromatic rings. The van der Waals surface area contributed by atoms with Gasteiger partial charge in [0.15, 0.2) is 0 Å². The van der Waals surface area contributed by atoms with Gasteiger partial charge in [-0.25, -0.2) is 8.42 Å². The number of amides is 2. The molecule has 0 saturated carbocycles. The second-order valence-electron chi connectivity index (χ2n) is 8.63. The Morgan fingerprint density at radius 1 is 0.541 bits per heavy atom. The number of carbonyl (C=O) groups is 2. The van der Waals surface area contributed by atoms with Crippen molar-refractivity contribution in [3.8, 4) is 0 Å². The van der Waals surface area contributed by atoms with E-state index in [1.807, 2.05) is 60.7 Å². The normalized spacial score (nSPS) is 11.0. The quantitative estimate of drug-likeness (QED) is 0.287. The van der Waals surface area contributed by atoms with Crippen LogP contribution in [0.25, 0.3) is 0 Å². The molecule has 0 atom stereocenters. The Morgan fingerprint density at radius 3 is 1.35 bits per heavy atom. The van der Waals surface area contributed by atoms with Crippen molar-refractivity contribution in [1.29, 1.82) is 0 Å². The minimum absolute atomic E-state index is 0.0564. The molecule has 0 heterocycles. The first-order chi connectivity index (χ1) is 17.9. The van der Waals surface area contributed by atoms with Crippen LogP contribution in [0.1, 0.15) is 24.0 Å². The zero-order valence-electron chi connectivity index (χ0n) is 20.3. The molecule has 0 radical (unpaired) electrons. The Bertz CT molecular complexity index is 1360. The molecule has 0 aliphatic heterocycles. The van der Waals surface area contributed by atoms with Crippen molar-refractivity contribution >= 4 is 33.0 Å². The monoisotopic (exact) mass is 512 g/mol. The van der Waals surface area contributed by atoms with Gasteiger partial charge in [-0.3, -0.25) is 9.59 Å². The van der Waals surface area contributed by atoms with E-state index in [0.717, 1.165) is 11.1 Å². The van der Waals surface area contributed by atoms with Gasteiger partial charge in [0.2, 0.25) is 21.7 Å². The first kappa shape index (κ1) is 25.9. The number of benzene rings is 4. The third kappa shape index (κ3) is 7.38. The highest BCUT2D eigenvalue weighted by Gasteiger charge is 2.19. The number of carbonyl (C=O) groups excluding carboxylic acids is 2. The van der Waals surface area contributed by atoms with Crippen LogP contribution in [0.4, 0.5) is 11.4 Å². The lowest BCUT2D eigenvalue weighted by molar-refractivity contribution is -0.117. The average Bonchev–Trinajstić information content (AvgIpc) is 2.92. The predicted octanol–water partition coefficient (Wildman–Crippen LogP) is 5.66. The van der Waals surface area contributed by atoms with Gasteiger partial charge in [0.05, 0.1) is 9.79 Å². The number of anilines is 2. The predicted molar refractivity (Wildman–Crippen MR) is 145 cm³/mol. The van der Waals surface area contributed by atoms with Gasteiger partial charge in [0.1, 0.15) is 0 Å². The SMILES string of the molecule is O=C(CCc1ccccc1)Nc1cccc(S(=O)(=O)c2cccc(NC(=O)CCc3ccccc3)c2)c1. The number of sulfone groups is 1. The van der Waals surface area contributed by atoms with E-state index in [1.165, 1.54) is 24.3 Å². The second-order valence-corrected chi connectivity index (χ2v) is 10.6. The molecule has 0 aromatic heterocycles. The molecule has 0 spiro atoms. The van der Waals surface area contributed by atoms with Crippen molar-refractivity contribution in [3.63, 3.8) is 0 Å². The van der Waals surface area contributed by atoms with Gasteiger partial charge in [-0.2, -0.15) is 0 Å². The molecule has 7 heteroatoms. The van der Waals surface area contributed by atoms with Crippen LogP contribution in [-0.2, 0) is 32.3 Å². The summed E-state index contributed by atoms with van der Waals surface area (Å²) in [5.74, 6) is -0.391. The van der Waals surface area contributed by atoms with Crippen molar-refractivity contribution in [2.24, 2.45) is 0 Å². The molecule has 2 amide bonds. The highest BCUT2D eigenvalue weighted by Crippen LogP contribution is 2.25. The summed E-state index contributed by atoms with van der Waals surface area (Å²) in [6, 6.07) is 31.7. The van der Waals surface area contributed by atoms with Crippen molar-refractivity contribution in [1.82, 2.24) is 0 Å². The third-order valence-electron chi connectivity index (χ3n) is 5.82. The highest BCUT2D eigenvalue weighted by atomic mass is 32.2. The molecule has 4 rings (SSSR count). The van der Waals surface area contributed by atoms with Gasteiger partial charge < -0.3 is 10.6 Å². The minimum atomic E-state index is -3.87. The Hall–Kier alpha value is -4.23. The molecule has 0 bridgehead atoms. The molecular formula is C30H28N2O4S. The summed E-state index contributed by atoms with van der Waals surface area (Å²) in [7, 11) is -3.87. The molecule has 0 fully saturated rings. The van der Waals surface area contributed by atoms with Crippen LogP contribution < -0.4 is 10.6 Å². The number of rotatable bonds is 10. The minimum Gasteiger partial charge on any atom is -0.326 e. The van der Waals surface area contributed by atoms with Gasteiger partial charge in [-0.15, -0.1) is 0 Å². The van der Waals surface area contributed by atoms with E-state index < -0.39 is 9.84 Å². The summed E-state index contributed by atoms with van der Waals surface area (Å²) in [5, 5.41) is 5.56. The molecule has 0 unspecified atom stereocenters. The van der Waals surface area contributed by atoms with E-state index in [2.05, 4.69) is 10.6 Å². The topological polar surface area (TPSA) is 92.3 Å². The fourth-order valence-corrected chi connectivity index (χ4v) is 5.22. The van der Waals surface area contributed by atoms with Crippen LogP contribution in [-0.4, -0.2) is 20.2 Å². The van der Waals surface area contributed by atoms with Crippen LogP contribution in [0.3, 0.4) is 0 Å². The van der Waals surface area contributed by atoms with Crippen LogP contribution in [0, 0.1) is 0 Å². The van der Waals surface area contributed by atoms with E-state index >= 15 is 0 Å². The maximum absolute atomic E-state index is 13.3. The Kier molecular flexibility index (Phi) is 8.48. The lowest BCUT2D eigenvalue weighted by Gasteiger charge is -2.11. The van der Waals surface area contributed by atoms with Gasteiger partial charge >= 0.3 is 0 Å². The fourth-order valence-electron chi connectivity index (χ4n) is 3.87. The zero-order chi connectivity index (χ0) is 26.1. The molecule has 188 valence electrons. The summed E-state index contributed by atoms with van der Waals surface area (Å²) in [6.45, 7) is 0. The summed E-state index contributed by atoms with van der Waals surface area (Å²) < 4.78 is 26.6. The molecule has 37 heavy (non-hydrogen) atoms. The highest BCUT2D eigenvalue weighted by molar-refractivity contribution is 7.91. The number of hydrogen-bond donors (Lipinski definition) is 2. The summed E-state index contributed by atoms with van der Waals surface area (Å²) in [5.41, 5.74) is 2.93. The van der Waals surface area contributed by atoms with Gasteiger partial charge in [0, 0.05) is 24.2 Å². The van der Waals surface area contributed by atoms with E-state index in [1.54, 1.807) is 24.3 Å². The van der Waals surface area contributed by atoms with Gasteiger partial charge in [-0.1, -0.05) is 72.8 Å². The third-order valence-corrected chi connectivity index (χ3v) is 7.57. The average molecular weight is 513 g/mol. The first-order valence-electron chi connectivity index (χ1n) is 12.0. The van der Waals surface area contributed by atoms with E-state index in [9.17, 15) is 18.0 Å². The molecule has 2 N–H and O–H groups in total. The Morgan fingerprint density at radius 2 is 0.946 bits per heavy atom. The number of hydrogen-bond acceptors (Lipinski definition) is 4. The molecular weight excluding hydrogens is 484 g/mol. The van der Waals surface area contributed by atoms with E-state index in [-0.39, 0.29) is 34.4 Å². The van der Waals surface area contributed by atoms with Gasteiger partial charge in [-0.05, 0) is 60.4 Å². The van der Waals surface area contributed by atoms with Crippen molar-refractivity contribution < 1.29 is 18.0 Å². The first-order valence-corrected chi connectivity index (χ1v) is 13.5. The molecule has 0 aliphatic carbocycles. The molecule has 6 nitrogen and oxygen atoms in total. The summed E-state index contributed by atoms with van der Waals surface area (Å²) in [4.78, 5) is 24.9. The standard InChI is InChI=1S/C30H28N2O4S/c33-29(19-17-23-9-3-1-4-10-23)31-25-13-7-15-27(21-25)37(35,36)28-16-8-14-26(22-28)32-30(34)20-18-24-11-5-2-6-12-24/h1-16,21-22H,17-20H2,(H,31,33)(H,32,34). The van der Waals surface area contributed by atoms with E-state index in [0.29, 0.717) is 24.2 Å². The van der Waals surface area contributed by atoms with Crippen LogP contribution in [0.15, 0.2) is 119 Å². The zero-order valence-corrected chi connectivity index (χ0v) is 21.1. The molecule has 0 aliphatic rings.